The average Bonchev–Trinajstić information content (AvgIpc) is 3.08. The molecule has 5 heteroatoms. The van der Waals surface area contributed by atoms with Gasteiger partial charge in [-0.3, -0.25) is 14.5 Å². The molecule has 3 rings (SSSR count). The summed E-state index contributed by atoms with van der Waals surface area (Å²) in [7, 11) is 1.84. The Labute approximate surface area is 169 Å². The molecule has 2 amide bonds. The zero-order valence-corrected chi connectivity index (χ0v) is 17.9. The summed E-state index contributed by atoms with van der Waals surface area (Å²) in [4.78, 5) is 31.6. The molecule has 0 aliphatic carbocycles. The highest BCUT2D eigenvalue weighted by molar-refractivity contribution is 5.84. The maximum atomic E-state index is 13.4. The van der Waals surface area contributed by atoms with Crippen molar-refractivity contribution in [3.63, 3.8) is 0 Å². The number of likely N-dealkylation sites (N-methyl/N-ethyl adjacent to an activating group) is 1. The van der Waals surface area contributed by atoms with E-state index in [-0.39, 0.29) is 17.2 Å². The van der Waals surface area contributed by atoms with Crippen molar-refractivity contribution in [2.75, 3.05) is 39.8 Å². The van der Waals surface area contributed by atoms with E-state index in [0.29, 0.717) is 19.0 Å². The Morgan fingerprint density at radius 2 is 1.89 bits per heavy atom. The van der Waals surface area contributed by atoms with E-state index in [1.165, 1.54) is 11.1 Å². The van der Waals surface area contributed by atoms with E-state index in [1.807, 2.05) is 18.9 Å². The summed E-state index contributed by atoms with van der Waals surface area (Å²) in [5.41, 5.74) is 2.24. The molecule has 2 saturated heterocycles. The number of likely N-dealkylation sites (tertiary alicyclic amines) is 2. The van der Waals surface area contributed by atoms with Gasteiger partial charge in [-0.05, 0) is 49.8 Å². The second-order valence-corrected chi connectivity index (χ2v) is 8.88. The molecule has 28 heavy (non-hydrogen) atoms. The van der Waals surface area contributed by atoms with Crippen LogP contribution in [0.1, 0.15) is 57.1 Å². The second kappa shape index (κ2) is 8.64. The number of amides is 2. The van der Waals surface area contributed by atoms with E-state index in [1.54, 1.807) is 4.90 Å². The second-order valence-electron chi connectivity index (χ2n) is 8.88. The topological polar surface area (TPSA) is 43.9 Å². The van der Waals surface area contributed by atoms with E-state index in [9.17, 15) is 9.59 Å². The summed E-state index contributed by atoms with van der Waals surface area (Å²) in [6.45, 7) is 10.6. The molecule has 0 aromatic heterocycles. The van der Waals surface area contributed by atoms with Crippen molar-refractivity contribution in [1.29, 1.82) is 0 Å². The highest BCUT2D eigenvalue weighted by Crippen LogP contribution is 2.40. The van der Waals surface area contributed by atoms with Gasteiger partial charge in [-0.25, -0.2) is 0 Å². The van der Waals surface area contributed by atoms with E-state index in [0.717, 1.165) is 45.4 Å². The fraction of sp³-hybridized carbons (Fsp3) is 0.652. The molecule has 1 spiro atoms. The molecule has 0 bridgehead atoms. The number of hydrogen-bond acceptors (Lipinski definition) is 3. The van der Waals surface area contributed by atoms with Crippen molar-refractivity contribution < 1.29 is 9.59 Å². The molecule has 2 aliphatic heterocycles. The van der Waals surface area contributed by atoms with Crippen molar-refractivity contribution in [2.45, 2.75) is 52.5 Å². The van der Waals surface area contributed by atoms with Crippen LogP contribution in [-0.4, -0.2) is 66.3 Å². The van der Waals surface area contributed by atoms with Gasteiger partial charge < -0.3 is 9.80 Å². The summed E-state index contributed by atoms with van der Waals surface area (Å²) in [6, 6.07) is 8.67. The lowest BCUT2D eigenvalue weighted by molar-refractivity contribution is -0.146. The van der Waals surface area contributed by atoms with E-state index in [4.69, 9.17) is 0 Å². The largest absolute Gasteiger partial charge is 0.345 e. The van der Waals surface area contributed by atoms with E-state index in [2.05, 4.69) is 43.0 Å². The molecule has 1 aromatic rings. The van der Waals surface area contributed by atoms with Crippen LogP contribution in [0.4, 0.5) is 0 Å². The Kier molecular flexibility index (Phi) is 6.43. The Hall–Kier alpha value is -1.88. The van der Waals surface area contributed by atoms with Crippen molar-refractivity contribution in [2.24, 2.45) is 5.41 Å². The minimum atomic E-state index is -0.290. The van der Waals surface area contributed by atoms with Gasteiger partial charge in [0.1, 0.15) is 0 Å². The minimum Gasteiger partial charge on any atom is -0.345 e. The van der Waals surface area contributed by atoms with Crippen LogP contribution in [0.15, 0.2) is 24.3 Å². The molecule has 5 nitrogen and oxygen atoms in total. The van der Waals surface area contributed by atoms with Gasteiger partial charge in [-0.1, -0.05) is 38.1 Å². The average molecular weight is 386 g/mol. The fourth-order valence-electron chi connectivity index (χ4n) is 4.49. The smallest absolute Gasteiger partial charge is 0.236 e. The summed E-state index contributed by atoms with van der Waals surface area (Å²) < 4.78 is 0. The first-order chi connectivity index (χ1) is 13.3. The summed E-state index contributed by atoms with van der Waals surface area (Å²) in [5, 5.41) is 0. The van der Waals surface area contributed by atoms with Gasteiger partial charge in [0.2, 0.25) is 11.8 Å². The molecule has 1 unspecified atom stereocenters. The number of hydrogen-bond donors (Lipinski definition) is 0. The molecule has 1 aromatic carbocycles. The van der Waals surface area contributed by atoms with Gasteiger partial charge in [0.15, 0.2) is 0 Å². The van der Waals surface area contributed by atoms with E-state index < -0.39 is 0 Å². The predicted molar refractivity (Wildman–Crippen MR) is 112 cm³/mol. The lowest BCUT2D eigenvalue weighted by Crippen LogP contribution is -2.50. The maximum absolute atomic E-state index is 13.4. The summed E-state index contributed by atoms with van der Waals surface area (Å²) in [6.07, 6.45) is 2.87. The Bertz CT molecular complexity index is 700. The molecule has 0 N–H and O–H groups in total. The number of benzene rings is 1. The monoisotopic (exact) mass is 385 g/mol. The third-order valence-electron chi connectivity index (χ3n) is 6.54. The Balaban J connectivity index is 1.63. The lowest BCUT2D eigenvalue weighted by atomic mass is 9.78. The number of carbonyl (C=O) groups is 2. The Morgan fingerprint density at radius 1 is 1.18 bits per heavy atom. The number of nitrogens with zero attached hydrogens (tertiary/aromatic N) is 3. The van der Waals surface area contributed by atoms with Gasteiger partial charge >= 0.3 is 0 Å². The lowest BCUT2D eigenvalue weighted by Gasteiger charge is -2.39. The molecule has 2 aliphatic rings. The molecule has 2 heterocycles. The van der Waals surface area contributed by atoms with Crippen LogP contribution >= 0.6 is 0 Å². The quantitative estimate of drug-likeness (QED) is 0.756. The van der Waals surface area contributed by atoms with Crippen LogP contribution in [-0.2, 0) is 16.1 Å². The van der Waals surface area contributed by atoms with Crippen LogP contribution in [0.5, 0.6) is 0 Å². The predicted octanol–water partition coefficient (Wildman–Crippen LogP) is 3.10. The molecular formula is C23H35N3O2. The highest BCUT2D eigenvalue weighted by atomic mass is 16.2. The zero-order valence-electron chi connectivity index (χ0n) is 17.9. The minimum absolute atomic E-state index is 0.143. The molecule has 0 radical (unpaired) electrons. The number of carbonyl (C=O) groups excluding carboxylic acids is 2. The Morgan fingerprint density at radius 3 is 2.54 bits per heavy atom. The zero-order chi connectivity index (χ0) is 20.3. The summed E-state index contributed by atoms with van der Waals surface area (Å²) in [5.74, 6) is 0.947. The van der Waals surface area contributed by atoms with Crippen molar-refractivity contribution in [3.8, 4) is 0 Å². The fourth-order valence-corrected chi connectivity index (χ4v) is 4.49. The van der Waals surface area contributed by atoms with Crippen LogP contribution in [0.2, 0.25) is 0 Å². The number of rotatable bonds is 6. The standard InChI is InChI=1S/C23H35N3O2/c1-5-24(4)21(27)16-25-14-12-23(17-25)11-6-13-26(22(23)28)15-19-7-9-20(10-8-19)18(2)3/h7-10,18H,5-6,11-17H2,1-4H3. The van der Waals surface area contributed by atoms with Gasteiger partial charge in [-0.15, -0.1) is 0 Å². The summed E-state index contributed by atoms with van der Waals surface area (Å²) >= 11 is 0. The molecular weight excluding hydrogens is 350 g/mol. The molecule has 0 saturated carbocycles. The highest BCUT2D eigenvalue weighted by Gasteiger charge is 2.48. The third kappa shape index (κ3) is 4.40. The normalized spacial score (nSPS) is 23.0. The van der Waals surface area contributed by atoms with Crippen LogP contribution in [0, 0.1) is 5.41 Å². The van der Waals surface area contributed by atoms with Crippen LogP contribution in [0.25, 0.3) is 0 Å². The first-order valence-electron chi connectivity index (χ1n) is 10.7. The van der Waals surface area contributed by atoms with Gasteiger partial charge in [0, 0.05) is 33.2 Å². The third-order valence-corrected chi connectivity index (χ3v) is 6.54. The molecule has 154 valence electrons. The maximum Gasteiger partial charge on any atom is 0.236 e. The van der Waals surface area contributed by atoms with Crippen molar-refractivity contribution in [1.82, 2.24) is 14.7 Å². The van der Waals surface area contributed by atoms with Crippen molar-refractivity contribution >= 4 is 11.8 Å². The van der Waals surface area contributed by atoms with Crippen molar-refractivity contribution in [3.05, 3.63) is 35.4 Å². The SMILES string of the molecule is CCN(C)C(=O)CN1CCC2(CCCN(Cc3ccc(C(C)C)cc3)C2=O)C1. The van der Waals surface area contributed by atoms with Gasteiger partial charge in [0.05, 0.1) is 12.0 Å². The van der Waals surface area contributed by atoms with Crippen LogP contribution < -0.4 is 0 Å². The van der Waals surface area contributed by atoms with Crippen LogP contribution in [0.3, 0.4) is 0 Å². The first kappa shape index (κ1) is 20.8. The van der Waals surface area contributed by atoms with Gasteiger partial charge in [-0.2, -0.15) is 0 Å². The first-order valence-corrected chi connectivity index (χ1v) is 10.7. The molecule has 2 fully saturated rings. The molecule has 1 atom stereocenters. The number of piperidine rings is 1. The van der Waals surface area contributed by atoms with E-state index >= 15 is 0 Å². The van der Waals surface area contributed by atoms with Gasteiger partial charge in [0.25, 0.3) is 0 Å².